The van der Waals surface area contributed by atoms with Gasteiger partial charge in [0, 0.05) is 22.3 Å². The van der Waals surface area contributed by atoms with Crippen molar-refractivity contribution in [2.24, 2.45) is 0 Å². The van der Waals surface area contributed by atoms with E-state index in [0.717, 1.165) is 25.7 Å². The first kappa shape index (κ1) is 20.7. The van der Waals surface area contributed by atoms with Crippen LogP contribution < -0.4 is 15.4 Å². The Balaban J connectivity index is 1.54. The summed E-state index contributed by atoms with van der Waals surface area (Å²) < 4.78 is 6.18. The Labute approximate surface area is 177 Å². The van der Waals surface area contributed by atoms with Crippen molar-refractivity contribution >= 4 is 45.0 Å². The number of carbonyl (C=O) groups excluding carboxylic acids is 2. The number of halogens is 2. The van der Waals surface area contributed by atoms with Gasteiger partial charge in [0.1, 0.15) is 5.75 Å². The van der Waals surface area contributed by atoms with Gasteiger partial charge in [0.25, 0.3) is 11.8 Å². The van der Waals surface area contributed by atoms with Gasteiger partial charge in [-0.1, -0.05) is 36.9 Å². The molecule has 0 radical (unpaired) electrons. The molecule has 3 rings (SSSR count). The lowest BCUT2D eigenvalue weighted by atomic mass is 9.95. The summed E-state index contributed by atoms with van der Waals surface area (Å²) >= 11 is 9.24. The average molecular weight is 466 g/mol. The van der Waals surface area contributed by atoms with Crippen molar-refractivity contribution in [1.82, 2.24) is 5.32 Å². The largest absolute Gasteiger partial charge is 0.483 e. The number of ether oxygens (including phenoxy) is 1. The van der Waals surface area contributed by atoms with E-state index in [0.29, 0.717) is 26.5 Å². The normalized spacial score (nSPS) is 14.4. The molecule has 2 aromatic carbocycles. The van der Waals surface area contributed by atoms with Gasteiger partial charge in [0.05, 0.1) is 4.47 Å². The minimum Gasteiger partial charge on any atom is -0.483 e. The summed E-state index contributed by atoms with van der Waals surface area (Å²) in [6.07, 6.45) is 5.61. The summed E-state index contributed by atoms with van der Waals surface area (Å²) in [4.78, 5) is 24.6. The summed E-state index contributed by atoms with van der Waals surface area (Å²) in [6, 6.07) is 12.2. The zero-order valence-corrected chi connectivity index (χ0v) is 17.7. The van der Waals surface area contributed by atoms with Crippen LogP contribution in [0.15, 0.2) is 46.9 Å². The van der Waals surface area contributed by atoms with Gasteiger partial charge >= 0.3 is 0 Å². The SMILES string of the molecule is O=C(COc1ccc(Cl)cc1Br)Nc1cccc(C(=O)NC2CCCCC2)c1. The molecule has 0 heterocycles. The molecule has 0 aromatic heterocycles. The molecule has 0 atom stereocenters. The van der Waals surface area contributed by atoms with Crippen molar-refractivity contribution in [2.75, 3.05) is 11.9 Å². The van der Waals surface area contributed by atoms with Crippen molar-refractivity contribution in [3.05, 3.63) is 57.5 Å². The maximum Gasteiger partial charge on any atom is 0.262 e. The van der Waals surface area contributed by atoms with Crippen LogP contribution in [0.25, 0.3) is 0 Å². The molecule has 28 heavy (non-hydrogen) atoms. The van der Waals surface area contributed by atoms with Crippen LogP contribution in [0.3, 0.4) is 0 Å². The minimum atomic E-state index is -0.313. The third kappa shape index (κ3) is 5.97. The first-order valence-corrected chi connectivity index (χ1v) is 10.5. The predicted molar refractivity (Wildman–Crippen MR) is 114 cm³/mol. The molecule has 1 aliphatic carbocycles. The third-order valence-electron chi connectivity index (χ3n) is 4.60. The van der Waals surface area contributed by atoms with Crippen LogP contribution in [-0.4, -0.2) is 24.5 Å². The molecule has 0 saturated heterocycles. The lowest BCUT2D eigenvalue weighted by molar-refractivity contribution is -0.118. The van der Waals surface area contributed by atoms with E-state index in [1.165, 1.54) is 6.42 Å². The Bertz CT molecular complexity index is 853. The van der Waals surface area contributed by atoms with Gasteiger partial charge in [-0.2, -0.15) is 0 Å². The predicted octanol–water partition coefficient (Wildman–Crippen LogP) is 5.18. The van der Waals surface area contributed by atoms with Crippen molar-refractivity contribution < 1.29 is 14.3 Å². The van der Waals surface area contributed by atoms with Crippen LogP contribution in [-0.2, 0) is 4.79 Å². The zero-order valence-electron chi connectivity index (χ0n) is 15.3. The summed E-state index contributed by atoms with van der Waals surface area (Å²) in [5.41, 5.74) is 1.09. The number of amides is 2. The Morgan fingerprint density at radius 3 is 2.64 bits per heavy atom. The Morgan fingerprint density at radius 2 is 1.89 bits per heavy atom. The second kappa shape index (κ2) is 9.94. The highest BCUT2D eigenvalue weighted by Crippen LogP contribution is 2.28. The number of rotatable bonds is 6. The summed E-state index contributed by atoms with van der Waals surface area (Å²) in [7, 11) is 0. The standard InChI is InChI=1S/C21H22BrClN2O3/c22-18-12-15(23)9-10-19(18)28-13-20(26)24-17-8-4-5-14(11-17)21(27)25-16-6-2-1-3-7-16/h4-5,8-12,16H,1-3,6-7,13H2,(H,24,26)(H,25,27). The topological polar surface area (TPSA) is 67.4 Å². The average Bonchev–Trinajstić information content (AvgIpc) is 2.68. The molecule has 5 nitrogen and oxygen atoms in total. The highest BCUT2D eigenvalue weighted by Gasteiger charge is 2.17. The van der Waals surface area contributed by atoms with Gasteiger partial charge in [-0.05, 0) is 65.2 Å². The molecule has 0 aliphatic heterocycles. The summed E-state index contributed by atoms with van der Waals surface area (Å²) in [5, 5.41) is 6.41. The van der Waals surface area contributed by atoms with Crippen LogP contribution in [0, 0.1) is 0 Å². The molecule has 2 amide bonds. The van der Waals surface area contributed by atoms with Gasteiger partial charge in [0.2, 0.25) is 0 Å². The monoisotopic (exact) mass is 464 g/mol. The van der Waals surface area contributed by atoms with Crippen molar-refractivity contribution in [1.29, 1.82) is 0 Å². The molecular weight excluding hydrogens is 444 g/mol. The quantitative estimate of drug-likeness (QED) is 0.617. The van der Waals surface area contributed by atoms with Crippen LogP contribution in [0.5, 0.6) is 5.75 Å². The van der Waals surface area contributed by atoms with Gasteiger partial charge in [0.15, 0.2) is 6.61 Å². The minimum absolute atomic E-state index is 0.107. The third-order valence-corrected chi connectivity index (χ3v) is 5.46. The molecule has 0 spiro atoms. The van der Waals surface area contributed by atoms with E-state index in [-0.39, 0.29) is 24.5 Å². The fourth-order valence-electron chi connectivity index (χ4n) is 3.19. The number of nitrogens with one attached hydrogen (secondary N) is 2. The van der Waals surface area contributed by atoms with Gasteiger partial charge in [-0.15, -0.1) is 0 Å². The fourth-order valence-corrected chi connectivity index (χ4v) is 3.98. The first-order chi connectivity index (χ1) is 13.5. The number of carbonyl (C=O) groups is 2. The lowest BCUT2D eigenvalue weighted by Crippen LogP contribution is -2.36. The Kier molecular flexibility index (Phi) is 7.34. The molecule has 2 aromatic rings. The maximum absolute atomic E-state index is 12.5. The van der Waals surface area contributed by atoms with E-state index >= 15 is 0 Å². The van der Waals surface area contributed by atoms with Gasteiger partial charge in [-0.3, -0.25) is 9.59 Å². The van der Waals surface area contributed by atoms with Crippen LogP contribution in [0.4, 0.5) is 5.69 Å². The zero-order chi connectivity index (χ0) is 19.9. The molecule has 1 saturated carbocycles. The second-order valence-electron chi connectivity index (χ2n) is 6.80. The second-order valence-corrected chi connectivity index (χ2v) is 8.09. The van der Waals surface area contributed by atoms with Gasteiger partial charge < -0.3 is 15.4 Å². The number of hydrogen-bond donors (Lipinski definition) is 2. The van der Waals surface area contributed by atoms with E-state index in [9.17, 15) is 9.59 Å². The Morgan fingerprint density at radius 1 is 1.11 bits per heavy atom. The molecule has 0 unspecified atom stereocenters. The highest BCUT2D eigenvalue weighted by atomic mass is 79.9. The summed E-state index contributed by atoms with van der Waals surface area (Å²) in [5.74, 6) is 0.108. The lowest BCUT2D eigenvalue weighted by Gasteiger charge is -2.22. The molecule has 7 heteroatoms. The first-order valence-electron chi connectivity index (χ1n) is 9.30. The molecule has 148 valence electrons. The molecule has 2 N–H and O–H groups in total. The van der Waals surface area contributed by atoms with Crippen LogP contribution in [0.1, 0.15) is 42.5 Å². The van der Waals surface area contributed by atoms with E-state index < -0.39 is 0 Å². The highest BCUT2D eigenvalue weighted by molar-refractivity contribution is 9.10. The Hall–Kier alpha value is -2.05. The van der Waals surface area contributed by atoms with Crippen molar-refractivity contribution in [3.63, 3.8) is 0 Å². The van der Waals surface area contributed by atoms with Gasteiger partial charge in [-0.25, -0.2) is 0 Å². The fraction of sp³-hybridized carbons (Fsp3) is 0.333. The van der Waals surface area contributed by atoms with E-state index in [1.54, 1.807) is 42.5 Å². The van der Waals surface area contributed by atoms with Crippen molar-refractivity contribution in [3.8, 4) is 5.75 Å². The molecule has 1 aliphatic rings. The van der Waals surface area contributed by atoms with E-state index in [2.05, 4.69) is 26.6 Å². The van der Waals surface area contributed by atoms with Crippen molar-refractivity contribution in [2.45, 2.75) is 38.1 Å². The molecule has 0 bridgehead atoms. The number of benzene rings is 2. The number of anilines is 1. The van der Waals surface area contributed by atoms with Crippen LogP contribution >= 0.6 is 27.5 Å². The summed E-state index contributed by atoms with van der Waals surface area (Å²) in [6.45, 7) is -0.154. The molecule has 1 fully saturated rings. The maximum atomic E-state index is 12.5. The molecular formula is C21H22BrClN2O3. The smallest absolute Gasteiger partial charge is 0.262 e. The van der Waals surface area contributed by atoms with E-state index in [1.807, 2.05) is 0 Å². The number of hydrogen-bond acceptors (Lipinski definition) is 3. The van der Waals surface area contributed by atoms with Crippen LogP contribution in [0.2, 0.25) is 5.02 Å². The van der Waals surface area contributed by atoms with E-state index in [4.69, 9.17) is 16.3 Å².